The van der Waals surface area contributed by atoms with Gasteiger partial charge in [0.05, 0.1) is 6.61 Å². The van der Waals surface area contributed by atoms with Crippen molar-refractivity contribution in [3.8, 4) is 0 Å². The molecule has 1 aliphatic rings. The van der Waals surface area contributed by atoms with Gasteiger partial charge in [-0.2, -0.15) is 0 Å². The first-order valence-electron chi connectivity index (χ1n) is 8.19. The van der Waals surface area contributed by atoms with Gasteiger partial charge in [-0.15, -0.1) is 0 Å². The molecule has 2 atom stereocenters. The number of likely N-dealkylation sites (N-methyl/N-ethyl adjacent to an activating group) is 1. The highest BCUT2D eigenvalue weighted by atomic mass is 16.5. The summed E-state index contributed by atoms with van der Waals surface area (Å²) in [7, 11) is 3.75. The molecular weight excluding hydrogens is 292 g/mol. The Labute approximate surface area is 138 Å². The molecule has 5 heteroatoms. The number of amides is 1. The molecule has 1 fully saturated rings. The van der Waals surface area contributed by atoms with Gasteiger partial charge in [-0.1, -0.05) is 17.7 Å². The zero-order valence-corrected chi connectivity index (χ0v) is 14.4. The summed E-state index contributed by atoms with van der Waals surface area (Å²) in [5.41, 5.74) is 1.82. The maximum atomic E-state index is 12.7. The monoisotopic (exact) mass is 320 g/mol. The van der Waals surface area contributed by atoms with Crippen LogP contribution >= 0.6 is 0 Å². The number of aliphatic hydroxyl groups is 1. The molecular formula is C18H28N2O3. The number of hydrogen-bond donors (Lipinski definition) is 1. The first-order chi connectivity index (χ1) is 11.0. The van der Waals surface area contributed by atoms with Gasteiger partial charge in [-0.05, 0) is 32.0 Å². The molecule has 1 N–H and O–H groups in total. The lowest BCUT2D eigenvalue weighted by Crippen LogP contribution is -2.33. The van der Waals surface area contributed by atoms with Gasteiger partial charge >= 0.3 is 0 Å². The minimum absolute atomic E-state index is 0.0641. The zero-order chi connectivity index (χ0) is 16.8. The van der Waals surface area contributed by atoms with E-state index in [4.69, 9.17) is 4.74 Å². The van der Waals surface area contributed by atoms with Gasteiger partial charge in [0.15, 0.2) is 0 Å². The number of hydrogen-bond acceptors (Lipinski definition) is 4. The van der Waals surface area contributed by atoms with Crippen molar-refractivity contribution in [2.24, 2.45) is 11.8 Å². The molecule has 1 amide bonds. The summed E-state index contributed by atoms with van der Waals surface area (Å²) in [5.74, 6) is 0.513. The third kappa shape index (κ3) is 4.77. The fourth-order valence-electron chi connectivity index (χ4n) is 3.22. The average Bonchev–Trinajstić information content (AvgIpc) is 2.95. The smallest absolute Gasteiger partial charge is 0.253 e. The van der Waals surface area contributed by atoms with Crippen LogP contribution in [0.2, 0.25) is 0 Å². The first-order valence-corrected chi connectivity index (χ1v) is 8.19. The van der Waals surface area contributed by atoms with E-state index in [2.05, 4.69) is 11.9 Å². The number of rotatable bonds is 7. The molecule has 1 heterocycles. The number of carbonyl (C=O) groups is 1. The van der Waals surface area contributed by atoms with Crippen molar-refractivity contribution in [2.75, 3.05) is 53.6 Å². The fourth-order valence-corrected chi connectivity index (χ4v) is 3.22. The number of nitrogens with zero attached hydrogens (tertiary/aromatic N) is 2. The summed E-state index contributed by atoms with van der Waals surface area (Å²) >= 11 is 0. The molecule has 0 radical (unpaired) electrons. The van der Waals surface area contributed by atoms with Crippen molar-refractivity contribution in [3.05, 3.63) is 35.4 Å². The van der Waals surface area contributed by atoms with Crippen LogP contribution in [0.5, 0.6) is 0 Å². The van der Waals surface area contributed by atoms with Gasteiger partial charge in [0, 0.05) is 51.4 Å². The van der Waals surface area contributed by atoms with Crippen molar-refractivity contribution in [1.82, 2.24) is 9.80 Å². The van der Waals surface area contributed by atoms with E-state index in [0.717, 1.165) is 24.2 Å². The Hall–Kier alpha value is -1.43. The van der Waals surface area contributed by atoms with Gasteiger partial charge in [0.25, 0.3) is 5.91 Å². The number of aryl methyl sites for hydroxylation is 1. The predicted octanol–water partition coefficient (Wildman–Crippen LogP) is 1.25. The highest BCUT2D eigenvalue weighted by molar-refractivity contribution is 5.94. The molecule has 0 spiro atoms. The van der Waals surface area contributed by atoms with Crippen LogP contribution in [0.1, 0.15) is 15.9 Å². The summed E-state index contributed by atoms with van der Waals surface area (Å²) in [6.07, 6.45) is 0. The largest absolute Gasteiger partial charge is 0.396 e. The second kappa shape index (κ2) is 8.43. The molecule has 2 rings (SSSR count). The van der Waals surface area contributed by atoms with Crippen molar-refractivity contribution in [2.45, 2.75) is 6.92 Å². The fraction of sp³-hybridized carbons (Fsp3) is 0.611. The van der Waals surface area contributed by atoms with E-state index in [1.165, 1.54) is 0 Å². The Kier molecular flexibility index (Phi) is 6.57. The van der Waals surface area contributed by atoms with E-state index in [-0.39, 0.29) is 18.4 Å². The van der Waals surface area contributed by atoms with Crippen molar-refractivity contribution in [3.63, 3.8) is 0 Å². The Morgan fingerprint density at radius 2 is 2.13 bits per heavy atom. The lowest BCUT2D eigenvalue weighted by molar-refractivity contribution is 0.0778. The van der Waals surface area contributed by atoms with Crippen LogP contribution in [0.25, 0.3) is 0 Å². The Morgan fingerprint density at radius 1 is 1.39 bits per heavy atom. The molecule has 0 bridgehead atoms. The Morgan fingerprint density at radius 3 is 2.78 bits per heavy atom. The number of ether oxygens (including phenoxy) is 1. The number of benzene rings is 1. The molecule has 1 aromatic rings. The number of likely N-dealkylation sites (tertiary alicyclic amines) is 1. The maximum absolute atomic E-state index is 12.7. The van der Waals surface area contributed by atoms with Crippen molar-refractivity contribution >= 4 is 5.91 Å². The normalized spacial score (nSPS) is 21.2. The van der Waals surface area contributed by atoms with E-state index in [9.17, 15) is 9.90 Å². The third-order valence-electron chi connectivity index (χ3n) is 4.59. The number of carbonyl (C=O) groups excluding carboxylic acids is 1. The standard InChI is InChI=1S/C18H28N2O3/c1-14-5-4-6-15(9-14)18(22)20-11-16(17(12-20)13-21)10-19(2)7-8-23-3/h4-6,9,16-17,21H,7-8,10-13H2,1-3H3. The molecule has 1 aliphatic heterocycles. The van der Waals surface area contributed by atoms with Crippen LogP contribution in [0.4, 0.5) is 0 Å². The second-order valence-corrected chi connectivity index (χ2v) is 6.54. The van der Waals surface area contributed by atoms with Gasteiger partial charge in [-0.3, -0.25) is 4.79 Å². The van der Waals surface area contributed by atoms with Crippen LogP contribution in [0.3, 0.4) is 0 Å². The topological polar surface area (TPSA) is 53.0 Å². The molecule has 5 nitrogen and oxygen atoms in total. The second-order valence-electron chi connectivity index (χ2n) is 6.54. The van der Waals surface area contributed by atoms with Crippen molar-refractivity contribution in [1.29, 1.82) is 0 Å². The van der Waals surface area contributed by atoms with Gasteiger partial charge in [-0.25, -0.2) is 0 Å². The highest BCUT2D eigenvalue weighted by Gasteiger charge is 2.35. The average molecular weight is 320 g/mol. The van der Waals surface area contributed by atoms with E-state index < -0.39 is 0 Å². The summed E-state index contributed by atoms with van der Waals surface area (Å²) in [4.78, 5) is 16.8. The lowest BCUT2D eigenvalue weighted by Gasteiger charge is -2.23. The van der Waals surface area contributed by atoms with Crippen LogP contribution in [0.15, 0.2) is 24.3 Å². The zero-order valence-electron chi connectivity index (χ0n) is 14.4. The van der Waals surface area contributed by atoms with Crippen LogP contribution in [-0.2, 0) is 4.74 Å². The van der Waals surface area contributed by atoms with E-state index in [1.54, 1.807) is 7.11 Å². The minimum atomic E-state index is 0.0641. The molecule has 0 aliphatic carbocycles. The molecule has 0 saturated carbocycles. The van der Waals surface area contributed by atoms with E-state index in [0.29, 0.717) is 25.6 Å². The summed E-state index contributed by atoms with van der Waals surface area (Å²) in [6.45, 7) is 5.87. The number of methoxy groups -OCH3 is 1. The third-order valence-corrected chi connectivity index (χ3v) is 4.59. The van der Waals surface area contributed by atoms with Crippen LogP contribution in [-0.4, -0.2) is 74.4 Å². The Balaban J connectivity index is 1.99. The van der Waals surface area contributed by atoms with Crippen LogP contribution < -0.4 is 0 Å². The molecule has 0 aromatic heterocycles. The number of aliphatic hydroxyl groups excluding tert-OH is 1. The molecule has 1 saturated heterocycles. The SMILES string of the molecule is COCCN(C)CC1CN(C(=O)c2cccc(C)c2)CC1CO. The van der Waals surface area contributed by atoms with E-state index >= 15 is 0 Å². The summed E-state index contributed by atoms with van der Waals surface area (Å²) < 4.78 is 5.10. The Bertz CT molecular complexity index is 521. The predicted molar refractivity (Wildman–Crippen MR) is 90.5 cm³/mol. The quantitative estimate of drug-likeness (QED) is 0.822. The van der Waals surface area contributed by atoms with Crippen molar-refractivity contribution < 1.29 is 14.6 Å². The van der Waals surface area contributed by atoms with E-state index in [1.807, 2.05) is 36.1 Å². The van der Waals surface area contributed by atoms with Crippen LogP contribution in [0, 0.1) is 18.8 Å². The van der Waals surface area contributed by atoms with Gasteiger partial charge < -0.3 is 19.6 Å². The molecule has 128 valence electrons. The minimum Gasteiger partial charge on any atom is -0.396 e. The van der Waals surface area contributed by atoms with Gasteiger partial charge in [0.1, 0.15) is 0 Å². The molecule has 2 unspecified atom stereocenters. The molecule has 23 heavy (non-hydrogen) atoms. The van der Waals surface area contributed by atoms with Gasteiger partial charge in [0.2, 0.25) is 0 Å². The summed E-state index contributed by atoms with van der Waals surface area (Å²) in [6, 6.07) is 7.69. The maximum Gasteiger partial charge on any atom is 0.253 e. The highest BCUT2D eigenvalue weighted by Crippen LogP contribution is 2.25. The lowest BCUT2D eigenvalue weighted by atomic mass is 9.96. The first kappa shape index (κ1) is 17.9. The summed E-state index contributed by atoms with van der Waals surface area (Å²) in [5, 5.41) is 9.66. The molecule has 1 aromatic carbocycles.